The van der Waals surface area contributed by atoms with Crippen LogP contribution in [0.2, 0.25) is 0 Å². The third-order valence-corrected chi connectivity index (χ3v) is 4.18. The van der Waals surface area contributed by atoms with Gasteiger partial charge in [-0.2, -0.15) is 0 Å². The van der Waals surface area contributed by atoms with E-state index in [-0.39, 0.29) is 0 Å². The monoisotopic (exact) mass is 338 g/mol. The SMILES string of the molecule is C=CC(=CCCCCCCCCCCCCCCC(=O)O)C(=O)O. The Kier molecular flexibility index (Phi) is 15.2. The molecule has 0 spiro atoms. The Morgan fingerprint density at radius 1 is 0.708 bits per heavy atom. The van der Waals surface area contributed by atoms with Crippen molar-refractivity contribution in [1.82, 2.24) is 0 Å². The lowest BCUT2D eigenvalue weighted by Crippen LogP contribution is -1.96. The molecule has 0 heterocycles. The van der Waals surface area contributed by atoms with Crippen molar-refractivity contribution < 1.29 is 19.8 Å². The summed E-state index contributed by atoms with van der Waals surface area (Å²) >= 11 is 0. The Morgan fingerprint density at radius 3 is 1.50 bits per heavy atom. The molecule has 0 unspecified atom stereocenters. The summed E-state index contributed by atoms with van der Waals surface area (Å²) in [4.78, 5) is 21.1. The summed E-state index contributed by atoms with van der Waals surface area (Å²) in [6.07, 6.45) is 18.3. The van der Waals surface area contributed by atoms with Gasteiger partial charge in [-0.3, -0.25) is 4.79 Å². The third kappa shape index (κ3) is 15.3. The van der Waals surface area contributed by atoms with Crippen LogP contribution in [0.15, 0.2) is 24.3 Å². The Labute approximate surface area is 146 Å². The number of hydrogen-bond donors (Lipinski definition) is 2. The molecule has 0 aromatic heterocycles. The largest absolute Gasteiger partial charge is 0.481 e. The number of carboxylic acids is 2. The molecule has 0 aromatic rings. The molecule has 0 amide bonds. The van der Waals surface area contributed by atoms with Crippen molar-refractivity contribution in [3.8, 4) is 0 Å². The third-order valence-electron chi connectivity index (χ3n) is 4.18. The number of carboxylic acid groups (broad SMARTS) is 2. The molecule has 24 heavy (non-hydrogen) atoms. The maximum Gasteiger partial charge on any atom is 0.335 e. The Balaban J connectivity index is 3.24. The molecular weight excluding hydrogens is 304 g/mol. The summed E-state index contributed by atoms with van der Waals surface area (Å²) < 4.78 is 0. The van der Waals surface area contributed by atoms with Crippen molar-refractivity contribution in [2.24, 2.45) is 0 Å². The molecule has 4 heteroatoms. The molecule has 138 valence electrons. The number of allylic oxidation sites excluding steroid dienone is 1. The predicted octanol–water partition coefficient (Wildman–Crippen LogP) is 5.73. The van der Waals surface area contributed by atoms with E-state index < -0.39 is 11.9 Å². The van der Waals surface area contributed by atoms with Gasteiger partial charge in [-0.1, -0.05) is 82.9 Å². The lowest BCUT2D eigenvalue weighted by atomic mass is 10.0. The van der Waals surface area contributed by atoms with Gasteiger partial charge < -0.3 is 10.2 Å². The topological polar surface area (TPSA) is 74.6 Å². The first-order valence-corrected chi connectivity index (χ1v) is 9.35. The molecule has 0 saturated heterocycles. The van der Waals surface area contributed by atoms with E-state index in [1.807, 2.05) is 0 Å². The van der Waals surface area contributed by atoms with E-state index in [9.17, 15) is 9.59 Å². The highest BCUT2D eigenvalue weighted by molar-refractivity contribution is 5.89. The van der Waals surface area contributed by atoms with Gasteiger partial charge in [0.1, 0.15) is 0 Å². The summed E-state index contributed by atoms with van der Waals surface area (Å²) in [6.45, 7) is 3.50. The van der Waals surface area contributed by atoms with Crippen molar-refractivity contribution in [3.05, 3.63) is 24.3 Å². The molecule has 0 bridgehead atoms. The Morgan fingerprint density at radius 2 is 1.12 bits per heavy atom. The number of unbranched alkanes of at least 4 members (excludes halogenated alkanes) is 12. The van der Waals surface area contributed by atoms with Gasteiger partial charge in [0, 0.05) is 6.42 Å². The van der Waals surface area contributed by atoms with Crippen LogP contribution in [0.3, 0.4) is 0 Å². The van der Waals surface area contributed by atoms with Crippen LogP contribution < -0.4 is 0 Å². The average molecular weight is 338 g/mol. The summed E-state index contributed by atoms with van der Waals surface area (Å²) in [5.74, 6) is -1.58. The number of rotatable bonds is 17. The molecule has 0 radical (unpaired) electrons. The van der Waals surface area contributed by atoms with E-state index in [4.69, 9.17) is 10.2 Å². The van der Waals surface area contributed by atoms with Gasteiger partial charge in [0.25, 0.3) is 0 Å². The van der Waals surface area contributed by atoms with Gasteiger partial charge in [0.15, 0.2) is 0 Å². The molecule has 0 saturated carbocycles. The standard InChI is InChI=1S/C20H34O4/c1-2-18(20(23)24)16-14-12-10-8-6-4-3-5-7-9-11-13-15-17-19(21)22/h2,16H,1,3-15,17H2,(H,21,22)(H,23,24). The summed E-state index contributed by atoms with van der Waals surface area (Å²) in [6, 6.07) is 0. The molecule has 0 aliphatic heterocycles. The van der Waals surface area contributed by atoms with E-state index in [1.165, 1.54) is 51.0 Å². The van der Waals surface area contributed by atoms with E-state index >= 15 is 0 Å². The first-order valence-electron chi connectivity index (χ1n) is 9.35. The van der Waals surface area contributed by atoms with E-state index in [2.05, 4.69) is 6.58 Å². The maximum atomic E-state index is 10.8. The fraction of sp³-hybridized carbons (Fsp3) is 0.700. The van der Waals surface area contributed by atoms with Crippen LogP contribution in [-0.4, -0.2) is 22.2 Å². The second-order valence-electron chi connectivity index (χ2n) is 6.34. The zero-order chi connectivity index (χ0) is 18.0. The quantitative estimate of drug-likeness (QED) is 0.202. The van der Waals surface area contributed by atoms with Gasteiger partial charge in [-0.25, -0.2) is 4.79 Å². The highest BCUT2D eigenvalue weighted by Crippen LogP contribution is 2.13. The van der Waals surface area contributed by atoms with Crippen LogP contribution in [0.1, 0.15) is 89.9 Å². The minimum atomic E-state index is -0.896. The molecule has 0 aromatic carbocycles. The van der Waals surface area contributed by atoms with Gasteiger partial charge in [-0.15, -0.1) is 0 Å². The molecule has 0 fully saturated rings. The van der Waals surface area contributed by atoms with Crippen molar-refractivity contribution in [2.45, 2.75) is 89.9 Å². The maximum absolute atomic E-state index is 10.8. The second kappa shape index (κ2) is 16.3. The zero-order valence-electron chi connectivity index (χ0n) is 15.0. The lowest BCUT2D eigenvalue weighted by Gasteiger charge is -2.02. The average Bonchev–Trinajstić information content (AvgIpc) is 2.54. The number of hydrogen-bond acceptors (Lipinski definition) is 2. The van der Waals surface area contributed by atoms with Gasteiger partial charge in [-0.05, 0) is 19.3 Å². The van der Waals surface area contributed by atoms with Crippen LogP contribution in [0.25, 0.3) is 0 Å². The molecular formula is C20H34O4. The van der Waals surface area contributed by atoms with Crippen LogP contribution in [-0.2, 0) is 9.59 Å². The lowest BCUT2D eigenvalue weighted by molar-refractivity contribution is -0.137. The van der Waals surface area contributed by atoms with Crippen molar-refractivity contribution in [2.75, 3.05) is 0 Å². The first kappa shape index (κ1) is 22.4. The number of carbonyl (C=O) groups is 2. The fourth-order valence-corrected chi connectivity index (χ4v) is 2.70. The fourth-order valence-electron chi connectivity index (χ4n) is 2.70. The van der Waals surface area contributed by atoms with Crippen molar-refractivity contribution in [3.63, 3.8) is 0 Å². The highest BCUT2D eigenvalue weighted by Gasteiger charge is 2.00. The van der Waals surface area contributed by atoms with Crippen molar-refractivity contribution in [1.29, 1.82) is 0 Å². The van der Waals surface area contributed by atoms with Crippen LogP contribution >= 0.6 is 0 Å². The summed E-state index contributed by atoms with van der Waals surface area (Å²) in [7, 11) is 0. The molecule has 2 N–H and O–H groups in total. The Bertz CT molecular complexity index is 385. The normalized spacial score (nSPS) is 11.4. The van der Waals surface area contributed by atoms with Crippen LogP contribution in [0.5, 0.6) is 0 Å². The Hall–Kier alpha value is -1.58. The molecule has 4 nitrogen and oxygen atoms in total. The summed E-state index contributed by atoms with van der Waals surface area (Å²) in [5.41, 5.74) is 0.304. The zero-order valence-corrected chi connectivity index (χ0v) is 15.0. The minimum Gasteiger partial charge on any atom is -0.481 e. The van der Waals surface area contributed by atoms with Gasteiger partial charge in [0.05, 0.1) is 5.57 Å². The highest BCUT2D eigenvalue weighted by atomic mass is 16.4. The smallest absolute Gasteiger partial charge is 0.335 e. The van der Waals surface area contributed by atoms with Gasteiger partial charge >= 0.3 is 11.9 Å². The molecule has 0 aliphatic rings. The first-order chi connectivity index (χ1) is 11.6. The molecule has 0 aliphatic carbocycles. The van der Waals surface area contributed by atoms with E-state index in [1.54, 1.807) is 6.08 Å². The van der Waals surface area contributed by atoms with Gasteiger partial charge in [0.2, 0.25) is 0 Å². The minimum absolute atomic E-state index is 0.304. The van der Waals surface area contributed by atoms with Crippen LogP contribution in [0, 0.1) is 0 Å². The summed E-state index contributed by atoms with van der Waals surface area (Å²) in [5, 5.41) is 17.4. The predicted molar refractivity (Wildman–Crippen MR) is 98.2 cm³/mol. The van der Waals surface area contributed by atoms with E-state index in [0.29, 0.717) is 12.0 Å². The van der Waals surface area contributed by atoms with Crippen LogP contribution in [0.4, 0.5) is 0 Å². The van der Waals surface area contributed by atoms with Crippen molar-refractivity contribution >= 4 is 11.9 Å². The number of aliphatic carboxylic acids is 2. The molecule has 0 rings (SSSR count). The second-order valence-corrected chi connectivity index (χ2v) is 6.34. The van der Waals surface area contributed by atoms with E-state index in [0.717, 1.165) is 38.5 Å². The molecule has 0 atom stereocenters.